The zero-order valence-electron chi connectivity index (χ0n) is 21.7. The van der Waals surface area contributed by atoms with Gasteiger partial charge in [-0.3, -0.25) is 4.99 Å². The summed E-state index contributed by atoms with van der Waals surface area (Å²) in [7, 11) is 0. The topological polar surface area (TPSA) is 33.6 Å². The van der Waals surface area contributed by atoms with E-state index in [4.69, 9.17) is 21.3 Å². The zero-order valence-corrected chi connectivity index (χ0v) is 22.5. The van der Waals surface area contributed by atoms with Gasteiger partial charge in [0.1, 0.15) is 12.4 Å². The standard InChI is InChI=1S/C34H31ClN2O/c1-22-6-9-24(10-7-22)21-38-33-17-11-25(19-31(33)35)20-36-27-14-12-26(13-15-27)34-29-5-3-4-28(29)30-18-23(2)8-16-32(30)37-34/h3-4,6-20,28-29,34,37H,5,21H2,1-2H3/t28-,29+,34+/m1/s1. The molecule has 0 amide bonds. The summed E-state index contributed by atoms with van der Waals surface area (Å²) in [4.78, 5) is 4.69. The number of nitrogens with one attached hydrogen (secondary N) is 1. The van der Waals surface area contributed by atoms with E-state index in [-0.39, 0.29) is 6.04 Å². The van der Waals surface area contributed by atoms with E-state index in [0.717, 1.165) is 23.2 Å². The molecule has 4 aromatic rings. The second-order valence-corrected chi connectivity index (χ2v) is 10.8. The number of benzene rings is 4. The third-order valence-corrected chi connectivity index (χ3v) is 7.90. The molecular formula is C34H31ClN2O. The fourth-order valence-electron chi connectivity index (χ4n) is 5.52. The van der Waals surface area contributed by atoms with Crippen LogP contribution in [-0.4, -0.2) is 6.21 Å². The minimum atomic E-state index is 0.287. The van der Waals surface area contributed by atoms with Crippen molar-refractivity contribution in [3.8, 4) is 5.75 Å². The molecule has 38 heavy (non-hydrogen) atoms. The normalized spacial score (nSPS) is 19.7. The molecule has 0 spiro atoms. The number of halogens is 1. The van der Waals surface area contributed by atoms with Crippen molar-refractivity contribution in [2.24, 2.45) is 10.9 Å². The fourth-order valence-corrected chi connectivity index (χ4v) is 5.76. The second kappa shape index (κ2) is 10.5. The molecule has 4 heteroatoms. The lowest BCUT2D eigenvalue weighted by atomic mass is 9.76. The molecule has 1 aliphatic carbocycles. The molecule has 3 atom stereocenters. The predicted molar refractivity (Wildman–Crippen MR) is 158 cm³/mol. The van der Waals surface area contributed by atoms with E-state index in [1.807, 2.05) is 24.4 Å². The number of fused-ring (bicyclic) bond motifs is 3. The molecule has 2 aliphatic rings. The van der Waals surface area contributed by atoms with Crippen LogP contribution in [0.3, 0.4) is 0 Å². The Morgan fingerprint density at radius 2 is 1.71 bits per heavy atom. The van der Waals surface area contributed by atoms with E-state index in [9.17, 15) is 0 Å². The Hall–Kier alpha value is -3.82. The molecule has 0 bridgehead atoms. The lowest BCUT2D eigenvalue weighted by Gasteiger charge is -2.37. The van der Waals surface area contributed by atoms with Crippen LogP contribution in [0.1, 0.15) is 51.8 Å². The van der Waals surface area contributed by atoms with Crippen molar-refractivity contribution in [1.82, 2.24) is 0 Å². The molecule has 190 valence electrons. The van der Waals surface area contributed by atoms with Crippen LogP contribution in [0.25, 0.3) is 0 Å². The quantitative estimate of drug-likeness (QED) is 0.204. The molecular weight excluding hydrogens is 488 g/mol. The Morgan fingerprint density at radius 1 is 0.921 bits per heavy atom. The van der Waals surface area contributed by atoms with Crippen LogP contribution in [0, 0.1) is 19.8 Å². The van der Waals surface area contributed by atoms with E-state index < -0.39 is 0 Å². The number of aliphatic imine (C=N–C) groups is 1. The molecule has 3 nitrogen and oxygen atoms in total. The van der Waals surface area contributed by atoms with Crippen LogP contribution < -0.4 is 10.1 Å². The van der Waals surface area contributed by atoms with Crippen LogP contribution in [0.4, 0.5) is 11.4 Å². The first-order valence-corrected chi connectivity index (χ1v) is 13.6. The van der Waals surface area contributed by atoms with Crippen molar-refractivity contribution >= 4 is 29.2 Å². The number of hydrogen-bond donors (Lipinski definition) is 1. The van der Waals surface area contributed by atoms with Gasteiger partial charge in [-0.15, -0.1) is 0 Å². The molecule has 0 saturated heterocycles. The van der Waals surface area contributed by atoms with E-state index in [1.54, 1.807) is 0 Å². The van der Waals surface area contributed by atoms with Crippen molar-refractivity contribution in [2.45, 2.75) is 38.8 Å². The minimum Gasteiger partial charge on any atom is -0.487 e. The number of nitrogens with zero attached hydrogens (tertiary/aromatic N) is 1. The Labute approximate surface area is 229 Å². The number of allylic oxidation sites excluding steroid dienone is 2. The van der Waals surface area contributed by atoms with Crippen molar-refractivity contribution in [3.63, 3.8) is 0 Å². The molecule has 6 rings (SSSR count). The Balaban J connectivity index is 1.12. The molecule has 1 heterocycles. The van der Waals surface area contributed by atoms with Crippen molar-refractivity contribution in [2.75, 3.05) is 5.32 Å². The van der Waals surface area contributed by atoms with Gasteiger partial charge in [-0.2, -0.15) is 0 Å². The van der Waals surface area contributed by atoms with Crippen LogP contribution in [-0.2, 0) is 6.61 Å². The van der Waals surface area contributed by atoms with Gasteiger partial charge in [0.25, 0.3) is 0 Å². The molecule has 4 aromatic carbocycles. The van der Waals surface area contributed by atoms with E-state index in [0.29, 0.717) is 29.2 Å². The Morgan fingerprint density at radius 3 is 2.50 bits per heavy atom. The molecule has 1 aliphatic heterocycles. The third-order valence-electron chi connectivity index (χ3n) is 7.60. The number of hydrogen-bond acceptors (Lipinski definition) is 3. The highest BCUT2D eigenvalue weighted by molar-refractivity contribution is 6.32. The summed E-state index contributed by atoms with van der Waals surface area (Å²) in [5.41, 5.74) is 9.48. The summed E-state index contributed by atoms with van der Waals surface area (Å²) in [6, 6.07) is 29.7. The van der Waals surface area contributed by atoms with Crippen LogP contribution in [0.15, 0.2) is 102 Å². The molecule has 0 radical (unpaired) electrons. The van der Waals surface area contributed by atoms with Gasteiger partial charge in [-0.1, -0.05) is 83.4 Å². The maximum absolute atomic E-state index is 6.50. The average molecular weight is 519 g/mol. The second-order valence-electron chi connectivity index (χ2n) is 10.4. The summed E-state index contributed by atoms with van der Waals surface area (Å²) in [5.74, 6) is 1.68. The smallest absolute Gasteiger partial charge is 0.138 e. The summed E-state index contributed by atoms with van der Waals surface area (Å²) < 4.78 is 5.92. The van der Waals surface area contributed by atoms with Crippen LogP contribution in [0.2, 0.25) is 5.02 Å². The molecule has 0 unspecified atom stereocenters. The first-order valence-electron chi connectivity index (χ1n) is 13.2. The largest absolute Gasteiger partial charge is 0.487 e. The summed E-state index contributed by atoms with van der Waals surface area (Å²) in [5, 5.41) is 4.40. The van der Waals surface area contributed by atoms with E-state index >= 15 is 0 Å². The lowest BCUT2D eigenvalue weighted by molar-refractivity contribution is 0.306. The van der Waals surface area contributed by atoms with Gasteiger partial charge in [0, 0.05) is 17.8 Å². The van der Waals surface area contributed by atoms with Crippen molar-refractivity contribution < 1.29 is 4.74 Å². The van der Waals surface area contributed by atoms with Gasteiger partial charge in [0.2, 0.25) is 0 Å². The molecule has 0 saturated carbocycles. The molecule has 1 N–H and O–H groups in total. The van der Waals surface area contributed by atoms with Gasteiger partial charge in [0.05, 0.1) is 16.8 Å². The van der Waals surface area contributed by atoms with Gasteiger partial charge in [-0.25, -0.2) is 0 Å². The number of ether oxygens (including phenoxy) is 1. The average Bonchev–Trinajstić information content (AvgIpc) is 3.43. The van der Waals surface area contributed by atoms with Gasteiger partial charge in [-0.05, 0) is 84.8 Å². The SMILES string of the molecule is Cc1ccc(COc2ccc(C=Nc3ccc([C@@H]4Nc5ccc(C)cc5[C@@H]5C=CC[C@@H]54)cc3)cc2Cl)cc1. The summed E-state index contributed by atoms with van der Waals surface area (Å²) >= 11 is 6.50. The van der Waals surface area contributed by atoms with E-state index in [2.05, 4.69) is 98.0 Å². The lowest BCUT2D eigenvalue weighted by Crippen LogP contribution is -2.29. The maximum Gasteiger partial charge on any atom is 0.138 e. The summed E-state index contributed by atoms with van der Waals surface area (Å²) in [6.45, 7) is 4.73. The highest BCUT2D eigenvalue weighted by Crippen LogP contribution is 2.50. The number of rotatable bonds is 6. The zero-order chi connectivity index (χ0) is 26.1. The van der Waals surface area contributed by atoms with Gasteiger partial charge >= 0.3 is 0 Å². The molecule has 0 aromatic heterocycles. The van der Waals surface area contributed by atoms with Crippen LogP contribution in [0.5, 0.6) is 5.75 Å². The minimum absolute atomic E-state index is 0.287. The fraction of sp³-hybridized carbons (Fsp3) is 0.206. The van der Waals surface area contributed by atoms with Crippen molar-refractivity contribution in [1.29, 1.82) is 0 Å². The Bertz CT molecular complexity index is 1510. The van der Waals surface area contributed by atoms with Gasteiger partial charge in [0.15, 0.2) is 0 Å². The van der Waals surface area contributed by atoms with E-state index in [1.165, 1.54) is 27.9 Å². The Kier molecular flexibility index (Phi) is 6.78. The number of aryl methyl sites for hydroxylation is 2. The first-order chi connectivity index (χ1) is 18.5. The first kappa shape index (κ1) is 24.5. The monoisotopic (exact) mass is 518 g/mol. The highest BCUT2D eigenvalue weighted by atomic mass is 35.5. The highest BCUT2D eigenvalue weighted by Gasteiger charge is 2.37. The van der Waals surface area contributed by atoms with Crippen LogP contribution >= 0.6 is 11.6 Å². The van der Waals surface area contributed by atoms with Gasteiger partial charge < -0.3 is 10.1 Å². The van der Waals surface area contributed by atoms with Crippen molar-refractivity contribution in [3.05, 3.63) is 135 Å². The third kappa shape index (κ3) is 5.12. The molecule has 0 fully saturated rings. The predicted octanol–water partition coefficient (Wildman–Crippen LogP) is 9.11. The maximum atomic E-state index is 6.50. The number of anilines is 1. The summed E-state index contributed by atoms with van der Waals surface area (Å²) in [6.07, 6.45) is 7.67.